The fraction of sp³-hybridized carbons (Fsp3) is 0.214. The van der Waals surface area contributed by atoms with Gasteiger partial charge >= 0.3 is 6.09 Å². The molecule has 1 aromatic heterocycles. The van der Waals surface area contributed by atoms with Crippen molar-refractivity contribution < 1.29 is 9.53 Å². The summed E-state index contributed by atoms with van der Waals surface area (Å²) in [5, 5.41) is 0.0988. The van der Waals surface area contributed by atoms with Crippen molar-refractivity contribution in [3.05, 3.63) is 53.4 Å². The van der Waals surface area contributed by atoms with Crippen LogP contribution in [-0.4, -0.2) is 22.2 Å². The Morgan fingerprint density at radius 1 is 1.25 bits per heavy atom. The number of anilines is 1. The first kappa shape index (κ1) is 12.9. The van der Waals surface area contributed by atoms with Crippen molar-refractivity contribution in [3.63, 3.8) is 0 Å². The van der Waals surface area contributed by atoms with Crippen LogP contribution in [0, 0.1) is 0 Å². The lowest BCUT2D eigenvalue weighted by Gasteiger charge is -2.22. The molecule has 0 saturated carbocycles. The molecule has 102 valence electrons. The Morgan fingerprint density at radius 2 is 2.00 bits per heavy atom. The second-order valence-corrected chi connectivity index (χ2v) is 4.84. The molecule has 2 aromatic rings. The molecule has 1 amide bonds. The molecule has 3 rings (SSSR count). The highest BCUT2D eigenvalue weighted by atomic mass is 35.5. The van der Waals surface area contributed by atoms with E-state index in [0.29, 0.717) is 5.82 Å². The number of amides is 1. The number of nitrogens with zero attached hydrogens (tertiary/aromatic N) is 3. The highest BCUT2D eigenvalue weighted by molar-refractivity contribution is 6.28. The molecule has 5 nitrogen and oxygen atoms in total. The summed E-state index contributed by atoms with van der Waals surface area (Å²) < 4.78 is 5.32. The lowest BCUT2D eigenvalue weighted by molar-refractivity contribution is 0.141. The average molecular weight is 290 g/mol. The molecule has 6 heteroatoms. The van der Waals surface area contributed by atoms with E-state index in [0.717, 1.165) is 5.56 Å². The number of benzene rings is 1. The summed E-state index contributed by atoms with van der Waals surface area (Å²) >= 11 is 5.80. The molecule has 1 aliphatic rings. The third-order valence-electron chi connectivity index (χ3n) is 3.21. The standard InChI is InChI=1S/C14H12ClN3O2/c1-9-12(10-5-3-2-4-6-10)18(14(19)20-9)11-7-8-16-13(15)17-11/h2-9,12H,1H3. The monoisotopic (exact) mass is 289 g/mol. The van der Waals surface area contributed by atoms with Gasteiger partial charge in [0.2, 0.25) is 5.28 Å². The lowest BCUT2D eigenvalue weighted by Crippen LogP contribution is -2.29. The van der Waals surface area contributed by atoms with Crippen molar-refractivity contribution in [1.29, 1.82) is 0 Å². The molecule has 2 unspecified atom stereocenters. The Labute approximate surface area is 121 Å². The molecule has 0 radical (unpaired) electrons. The van der Waals surface area contributed by atoms with Crippen molar-refractivity contribution in [2.24, 2.45) is 0 Å². The minimum Gasteiger partial charge on any atom is -0.444 e. The highest BCUT2D eigenvalue weighted by Crippen LogP contribution is 2.36. The van der Waals surface area contributed by atoms with Gasteiger partial charge in [0.15, 0.2) is 0 Å². The molecule has 1 fully saturated rings. The molecule has 2 atom stereocenters. The van der Waals surface area contributed by atoms with Crippen LogP contribution in [0.3, 0.4) is 0 Å². The Hall–Kier alpha value is -2.14. The van der Waals surface area contributed by atoms with Crippen molar-refractivity contribution >= 4 is 23.5 Å². The molecular weight excluding hydrogens is 278 g/mol. The van der Waals surface area contributed by atoms with Crippen LogP contribution < -0.4 is 4.90 Å². The van der Waals surface area contributed by atoms with Crippen LogP contribution in [0.2, 0.25) is 5.28 Å². The smallest absolute Gasteiger partial charge is 0.416 e. The zero-order chi connectivity index (χ0) is 14.1. The van der Waals surface area contributed by atoms with Crippen LogP contribution in [0.15, 0.2) is 42.6 Å². The number of hydrogen-bond donors (Lipinski definition) is 0. The van der Waals surface area contributed by atoms with Gasteiger partial charge in [-0.15, -0.1) is 0 Å². The van der Waals surface area contributed by atoms with E-state index in [1.54, 1.807) is 6.07 Å². The van der Waals surface area contributed by atoms with Gasteiger partial charge in [-0.05, 0) is 30.2 Å². The number of rotatable bonds is 2. The SMILES string of the molecule is CC1OC(=O)N(c2ccnc(Cl)n2)C1c1ccccc1. The van der Waals surface area contributed by atoms with Gasteiger partial charge in [-0.25, -0.2) is 14.8 Å². The lowest BCUT2D eigenvalue weighted by atomic mass is 10.0. The van der Waals surface area contributed by atoms with Crippen LogP contribution in [-0.2, 0) is 4.74 Å². The Balaban J connectivity index is 2.05. The summed E-state index contributed by atoms with van der Waals surface area (Å²) in [5.74, 6) is 0.438. The van der Waals surface area contributed by atoms with Crippen molar-refractivity contribution in [2.45, 2.75) is 19.1 Å². The number of cyclic esters (lactones) is 1. The Morgan fingerprint density at radius 3 is 2.70 bits per heavy atom. The molecule has 1 aliphatic heterocycles. The normalized spacial score (nSPS) is 21.9. The number of hydrogen-bond acceptors (Lipinski definition) is 4. The van der Waals surface area contributed by atoms with E-state index < -0.39 is 6.09 Å². The van der Waals surface area contributed by atoms with Crippen molar-refractivity contribution in [3.8, 4) is 0 Å². The molecule has 2 heterocycles. The summed E-state index contributed by atoms with van der Waals surface area (Å²) in [6.45, 7) is 1.86. The third kappa shape index (κ3) is 2.20. The van der Waals surface area contributed by atoms with Gasteiger partial charge in [0, 0.05) is 6.20 Å². The summed E-state index contributed by atoms with van der Waals surface area (Å²) in [6.07, 6.45) is 0.822. The number of ether oxygens (including phenoxy) is 1. The quantitative estimate of drug-likeness (QED) is 0.797. The number of halogens is 1. The number of carbonyl (C=O) groups is 1. The largest absolute Gasteiger partial charge is 0.444 e. The first-order chi connectivity index (χ1) is 9.66. The zero-order valence-corrected chi connectivity index (χ0v) is 11.5. The molecule has 0 bridgehead atoms. The molecule has 20 heavy (non-hydrogen) atoms. The Kier molecular flexibility index (Phi) is 3.28. The summed E-state index contributed by atoms with van der Waals surface area (Å²) in [4.78, 5) is 21.5. The zero-order valence-electron chi connectivity index (χ0n) is 10.7. The number of carbonyl (C=O) groups excluding carboxylic acids is 1. The van der Waals surface area contributed by atoms with Gasteiger partial charge in [-0.2, -0.15) is 0 Å². The summed E-state index contributed by atoms with van der Waals surface area (Å²) in [7, 11) is 0. The van der Waals surface area contributed by atoms with E-state index in [-0.39, 0.29) is 17.4 Å². The van der Waals surface area contributed by atoms with Gasteiger partial charge in [0.1, 0.15) is 18.0 Å². The van der Waals surface area contributed by atoms with Crippen LogP contribution in [0.5, 0.6) is 0 Å². The maximum absolute atomic E-state index is 12.1. The Bertz CT molecular complexity index is 635. The van der Waals surface area contributed by atoms with E-state index in [1.807, 2.05) is 37.3 Å². The molecule has 0 aliphatic carbocycles. The van der Waals surface area contributed by atoms with Gasteiger partial charge in [-0.1, -0.05) is 30.3 Å². The van der Waals surface area contributed by atoms with Crippen molar-refractivity contribution in [1.82, 2.24) is 9.97 Å². The van der Waals surface area contributed by atoms with E-state index in [2.05, 4.69) is 9.97 Å². The van der Waals surface area contributed by atoms with Crippen molar-refractivity contribution in [2.75, 3.05) is 4.90 Å². The second-order valence-electron chi connectivity index (χ2n) is 4.50. The van der Waals surface area contributed by atoms with E-state index in [1.165, 1.54) is 11.1 Å². The van der Waals surface area contributed by atoms with E-state index in [4.69, 9.17) is 16.3 Å². The second kappa shape index (κ2) is 5.09. The van der Waals surface area contributed by atoms with Crippen LogP contribution in [0.25, 0.3) is 0 Å². The van der Waals surface area contributed by atoms with E-state index >= 15 is 0 Å². The van der Waals surface area contributed by atoms with Gasteiger partial charge in [0.25, 0.3) is 0 Å². The topological polar surface area (TPSA) is 55.3 Å². The van der Waals surface area contributed by atoms with Gasteiger partial charge in [-0.3, -0.25) is 4.90 Å². The molecular formula is C14H12ClN3O2. The summed E-state index contributed by atoms with van der Waals surface area (Å²) in [6, 6.07) is 11.1. The van der Waals surface area contributed by atoms with Gasteiger partial charge in [0.05, 0.1) is 0 Å². The molecule has 1 saturated heterocycles. The van der Waals surface area contributed by atoms with Crippen LogP contribution in [0.4, 0.5) is 10.6 Å². The predicted molar refractivity (Wildman–Crippen MR) is 74.6 cm³/mol. The van der Waals surface area contributed by atoms with Crippen LogP contribution >= 0.6 is 11.6 Å². The van der Waals surface area contributed by atoms with Gasteiger partial charge < -0.3 is 4.74 Å². The fourth-order valence-electron chi connectivity index (χ4n) is 2.37. The maximum atomic E-state index is 12.1. The maximum Gasteiger partial charge on any atom is 0.416 e. The highest BCUT2D eigenvalue weighted by Gasteiger charge is 2.41. The average Bonchev–Trinajstić information content (AvgIpc) is 2.74. The van der Waals surface area contributed by atoms with Crippen LogP contribution in [0.1, 0.15) is 18.5 Å². The first-order valence-corrected chi connectivity index (χ1v) is 6.58. The first-order valence-electron chi connectivity index (χ1n) is 6.20. The predicted octanol–water partition coefficient (Wildman–Crippen LogP) is 3.22. The summed E-state index contributed by atoms with van der Waals surface area (Å²) in [5.41, 5.74) is 0.987. The van der Waals surface area contributed by atoms with E-state index in [9.17, 15) is 4.79 Å². The molecule has 1 aromatic carbocycles. The minimum atomic E-state index is -0.430. The number of aromatic nitrogens is 2. The fourth-order valence-corrected chi connectivity index (χ4v) is 2.51. The minimum absolute atomic E-state index is 0.0988. The molecule has 0 N–H and O–H groups in total. The molecule has 0 spiro atoms. The third-order valence-corrected chi connectivity index (χ3v) is 3.39.